The number of carbonyl (C=O) groups is 1. The molecule has 1 spiro atoms. The van der Waals surface area contributed by atoms with Gasteiger partial charge in [0.15, 0.2) is 0 Å². The highest BCUT2D eigenvalue weighted by atomic mass is 16.6. The first-order valence-electron chi connectivity index (χ1n) is 11.3. The van der Waals surface area contributed by atoms with E-state index in [2.05, 4.69) is 47.1 Å². The Bertz CT molecular complexity index is 944. The van der Waals surface area contributed by atoms with E-state index in [9.17, 15) is 4.79 Å². The number of para-hydroxylation sites is 1. The van der Waals surface area contributed by atoms with Gasteiger partial charge in [-0.15, -0.1) is 0 Å². The lowest BCUT2D eigenvalue weighted by atomic mass is 9.51. The molecule has 4 fully saturated rings. The largest absolute Gasteiger partial charge is 0.371 e. The zero-order valence-corrected chi connectivity index (χ0v) is 17.0. The average Bonchev–Trinajstić information content (AvgIpc) is 3.22. The summed E-state index contributed by atoms with van der Waals surface area (Å²) in [7, 11) is 0. The lowest BCUT2D eigenvalue weighted by Gasteiger charge is -2.64. The Morgan fingerprint density at radius 1 is 1.31 bits per heavy atom. The van der Waals surface area contributed by atoms with Gasteiger partial charge in [-0.2, -0.15) is 0 Å². The van der Waals surface area contributed by atoms with Crippen molar-refractivity contribution >= 4 is 11.6 Å². The van der Waals surface area contributed by atoms with Crippen molar-refractivity contribution in [1.29, 1.82) is 0 Å². The molecule has 0 radical (unpaired) electrons. The van der Waals surface area contributed by atoms with Crippen LogP contribution in [0.1, 0.15) is 38.2 Å². The summed E-state index contributed by atoms with van der Waals surface area (Å²) in [6.45, 7) is 5.65. The number of amides is 1. The molecule has 1 aromatic rings. The highest BCUT2D eigenvalue weighted by Crippen LogP contribution is 2.67. The summed E-state index contributed by atoms with van der Waals surface area (Å²) in [6.07, 6.45) is 5.79. The molecule has 1 amide bonds. The molecule has 2 bridgehead atoms. The lowest BCUT2D eigenvalue weighted by Crippen LogP contribution is -2.79. The first-order chi connectivity index (χ1) is 14.2. The maximum atomic E-state index is 13.5. The van der Waals surface area contributed by atoms with Gasteiger partial charge in [0.1, 0.15) is 5.60 Å². The normalized spacial score (nSPS) is 43.8. The van der Waals surface area contributed by atoms with Gasteiger partial charge in [0.2, 0.25) is 5.91 Å². The maximum Gasteiger partial charge on any atom is 0.230 e. The second kappa shape index (κ2) is 5.51. The summed E-state index contributed by atoms with van der Waals surface area (Å²) in [4.78, 5) is 18.4. The molecule has 6 aliphatic rings. The molecular formula is C24H28N2O3. The lowest BCUT2D eigenvalue weighted by molar-refractivity contribution is -0.217. The number of ether oxygens (including phenoxy) is 2. The minimum absolute atomic E-state index is 0.0333. The zero-order valence-electron chi connectivity index (χ0n) is 17.0. The second-order valence-corrected chi connectivity index (χ2v) is 9.76. The molecule has 6 unspecified atom stereocenters. The zero-order chi connectivity index (χ0) is 19.4. The van der Waals surface area contributed by atoms with Crippen molar-refractivity contribution < 1.29 is 14.3 Å². The fourth-order valence-electron chi connectivity index (χ4n) is 8.05. The van der Waals surface area contributed by atoms with E-state index < -0.39 is 5.60 Å². The number of hydrogen-bond acceptors (Lipinski definition) is 4. The highest BCUT2D eigenvalue weighted by Gasteiger charge is 2.77. The van der Waals surface area contributed by atoms with Crippen LogP contribution in [0.25, 0.3) is 0 Å². The van der Waals surface area contributed by atoms with Crippen molar-refractivity contribution in [3.8, 4) is 0 Å². The smallest absolute Gasteiger partial charge is 0.230 e. The summed E-state index contributed by atoms with van der Waals surface area (Å²) in [5.74, 6) is 0.561. The van der Waals surface area contributed by atoms with Crippen LogP contribution in [-0.2, 0) is 19.7 Å². The second-order valence-electron chi connectivity index (χ2n) is 9.76. The number of fused-ring (bicyclic) bond motifs is 2. The van der Waals surface area contributed by atoms with Crippen molar-refractivity contribution in [3.05, 3.63) is 41.5 Å². The fraction of sp³-hybridized carbons (Fsp3) is 0.625. The van der Waals surface area contributed by atoms with E-state index in [4.69, 9.17) is 9.47 Å². The van der Waals surface area contributed by atoms with Gasteiger partial charge in [0, 0.05) is 36.2 Å². The number of piperidine rings is 2. The summed E-state index contributed by atoms with van der Waals surface area (Å²) < 4.78 is 13.4. The Balaban J connectivity index is 1.55. The Morgan fingerprint density at radius 3 is 3.10 bits per heavy atom. The van der Waals surface area contributed by atoms with Gasteiger partial charge in [0.25, 0.3) is 0 Å². The van der Waals surface area contributed by atoms with Crippen LogP contribution < -0.4 is 4.90 Å². The Kier molecular flexibility index (Phi) is 3.24. The van der Waals surface area contributed by atoms with Crippen molar-refractivity contribution in [2.45, 2.75) is 61.8 Å². The third-order valence-electron chi connectivity index (χ3n) is 8.85. The summed E-state index contributed by atoms with van der Waals surface area (Å²) in [5.41, 5.74) is 3.53. The van der Waals surface area contributed by atoms with Crippen molar-refractivity contribution in [2.24, 2.45) is 5.92 Å². The van der Waals surface area contributed by atoms with E-state index in [0.29, 0.717) is 25.0 Å². The van der Waals surface area contributed by atoms with Crippen molar-refractivity contribution in [2.75, 3.05) is 31.2 Å². The predicted molar refractivity (Wildman–Crippen MR) is 109 cm³/mol. The Hall–Kier alpha value is -1.69. The number of nitrogens with zero attached hydrogens (tertiary/aromatic N) is 2. The Morgan fingerprint density at radius 2 is 2.21 bits per heavy atom. The molecule has 1 aliphatic carbocycles. The molecule has 5 nitrogen and oxygen atoms in total. The van der Waals surface area contributed by atoms with Gasteiger partial charge in [-0.1, -0.05) is 36.8 Å². The van der Waals surface area contributed by atoms with Crippen LogP contribution in [0.15, 0.2) is 35.9 Å². The maximum absolute atomic E-state index is 13.5. The first-order valence-corrected chi connectivity index (χ1v) is 11.3. The molecule has 5 aliphatic heterocycles. The summed E-state index contributed by atoms with van der Waals surface area (Å²) >= 11 is 0. The molecule has 0 aromatic heterocycles. The van der Waals surface area contributed by atoms with Gasteiger partial charge in [-0.25, -0.2) is 0 Å². The first kappa shape index (κ1) is 17.0. The fourth-order valence-corrected chi connectivity index (χ4v) is 8.05. The molecule has 5 heterocycles. The number of benzene rings is 1. The predicted octanol–water partition coefficient (Wildman–Crippen LogP) is 2.64. The van der Waals surface area contributed by atoms with E-state index in [1.165, 1.54) is 11.1 Å². The summed E-state index contributed by atoms with van der Waals surface area (Å²) in [6, 6.07) is 9.22. The molecule has 3 saturated heterocycles. The quantitative estimate of drug-likeness (QED) is 0.742. The number of rotatable bonds is 3. The van der Waals surface area contributed by atoms with Gasteiger partial charge >= 0.3 is 0 Å². The molecule has 152 valence electrons. The van der Waals surface area contributed by atoms with E-state index in [-0.39, 0.29) is 23.5 Å². The topological polar surface area (TPSA) is 42.0 Å². The number of carbonyl (C=O) groups excluding carboxylic acids is 1. The minimum atomic E-state index is -0.432. The molecule has 1 aromatic carbocycles. The molecule has 6 atom stereocenters. The van der Waals surface area contributed by atoms with E-state index >= 15 is 0 Å². The Labute approximate surface area is 171 Å². The van der Waals surface area contributed by atoms with Crippen LogP contribution in [0.3, 0.4) is 0 Å². The van der Waals surface area contributed by atoms with Crippen LogP contribution in [0.2, 0.25) is 0 Å². The van der Waals surface area contributed by atoms with Gasteiger partial charge < -0.3 is 14.4 Å². The van der Waals surface area contributed by atoms with E-state index in [0.717, 1.165) is 44.6 Å². The molecular weight excluding hydrogens is 364 g/mol. The van der Waals surface area contributed by atoms with Crippen molar-refractivity contribution in [3.63, 3.8) is 0 Å². The SMILES string of the molecule is CCCOC12C3CC(=O)N4c5ccccc5C5(CCN6CC(=CCO3)C1CC65)C42. The number of hydrogen-bond donors (Lipinski definition) is 0. The molecule has 5 heteroatoms. The van der Waals surface area contributed by atoms with Crippen molar-refractivity contribution in [1.82, 2.24) is 4.90 Å². The third kappa shape index (κ3) is 1.75. The summed E-state index contributed by atoms with van der Waals surface area (Å²) in [5, 5.41) is 0. The van der Waals surface area contributed by atoms with Crippen LogP contribution in [0.4, 0.5) is 5.69 Å². The van der Waals surface area contributed by atoms with Crippen LogP contribution in [-0.4, -0.2) is 60.9 Å². The third-order valence-corrected chi connectivity index (χ3v) is 8.85. The van der Waals surface area contributed by atoms with Gasteiger partial charge in [0.05, 0.1) is 25.2 Å². The molecule has 29 heavy (non-hydrogen) atoms. The monoisotopic (exact) mass is 392 g/mol. The molecule has 1 saturated carbocycles. The van der Waals surface area contributed by atoms with Crippen LogP contribution >= 0.6 is 0 Å². The van der Waals surface area contributed by atoms with Gasteiger partial charge in [-0.3, -0.25) is 9.69 Å². The average molecular weight is 392 g/mol. The van der Waals surface area contributed by atoms with Gasteiger partial charge in [-0.05, 0) is 37.4 Å². The highest BCUT2D eigenvalue weighted by molar-refractivity contribution is 6.00. The van der Waals surface area contributed by atoms with E-state index in [1.54, 1.807) is 0 Å². The molecule has 7 rings (SSSR count). The minimum Gasteiger partial charge on any atom is -0.371 e. The molecule has 0 N–H and O–H groups in total. The standard InChI is InChI=1S/C24H28N2O3/c1-2-10-29-24-17-12-19-23-8-9-25(19)14-15(17)7-11-28-20(24)13-21(27)26(22(23)24)18-6-4-3-5-16(18)23/h3-7,17,19-20,22H,2,8-14H2,1H3. The van der Waals surface area contributed by atoms with E-state index in [1.807, 2.05) is 0 Å². The number of anilines is 1. The van der Waals surface area contributed by atoms with Crippen LogP contribution in [0, 0.1) is 5.92 Å². The van der Waals surface area contributed by atoms with Crippen LogP contribution in [0.5, 0.6) is 0 Å².